The number of benzene rings is 1. The fourth-order valence-electron chi connectivity index (χ4n) is 2.03. The SMILES string of the molecule is O=C1NC(=Cc2ccc(Cl)s2)C(=O)N1Cc1ccccc1. The summed E-state index contributed by atoms with van der Waals surface area (Å²) in [4.78, 5) is 26.2. The van der Waals surface area contributed by atoms with Crippen molar-refractivity contribution < 1.29 is 9.59 Å². The van der Waals surface area contributed by atoms with Crippen LogP contribution in [-0.2, 0) is 11.3 Å². The first-order valence-electron chi connectivity index (χ1n) is 6.27. The number of thiophene rings is 1. The van der Waals surface area contributed by atoms with Crippen LogP contribution in [0.5, 0.6) is 0 Å². The summed E-state index contributed by atoms with van der Waals surface area (Å²) in [5.74, 6) is -0.326. The zero-order valence-corrected chi connectivity index (χ0v) is 12.4. The van der Waals surface area contributed by atoms with Crippen molar-refractivity contribution in [1.82, 2.24) is 10.2 Å². The molecule has 1 saturated heterocycles. The number of hydrogen-bond donors (Lipinski definition) is 1. The molecule has 0 bridgehead atoms. The minimum atomic E-state index is -0.405. The number of carbonyl (C=O) groups excluding carboxylic acids is 2. The molecular weight excluding hydrogens is 308 g/mol. The molecule has 21 heavy (non-hydrogen) atoms. The highest BCUT2D eigenvalue weighted by atomic mass is 35.5. The molecule has 2 aromatic rings. The number of halogens is 1. The normalized spacial score (nSPS) is 16.6. The van der Waals surface area contributed by atoms with Crippen LogP contribution in [0.2, 0.25) is 4.34 Å². The maximum absolute atomic E-state index is 12.3. The number of nitrogens with one attached hydrogen (secondary N) is 1. The van der Waals surface area contributed by atoms with Gasteiger partial charge in [-0.05, 0) is 23.8 Å². The Labute approximate surface area is 130 Å². The summed E-state index contributed by atoms with van der Waals surface area (Å²) in [5.41, 5.74) is 1.18. The van der Waals surface area contributed by atoms with Gasteiger partial charge in [0, 0.05) is 4.88 Å². The van der Waals surface area contributed by atoms with E-state index in [1.54, 1.807) is 18.2 Å². The average molecular weight is 319 g/mol. The fraction of sp³-hybridized carbons (Fsp3) is 0.0667. The van der Waals surface area contributed by atoms with Gasteiger partial charge in [-0.2, -0.15) is 0 Å². The second kappa shape index (κ2) is 5.71. The van der Waals surface area contributed by atoms with Crippen molar-refractivity contribution >= 4 is 41.0 Å². The van der Waals surface area contributed by atoms with Crippen molar-refractivity contribution in [2.24, 2.45) is 0 Å². The van der Waals surface area contributed by atoms with Crippen molar-refractivity contribution in [3.63, 3.8) is 0 Å². The number of imide groups is 1. The van der Waals surface area contributed by atoms with E-state index in [9.17, 15) is 9.59 Å². The Morgan fingerprint density at radius 2 is 1.90 bits per heavy atom. The number of rotatable bonds is 3. The van der Waals surface area contributed by atoms with Crippen LogP contribution >= 0.6 is 22.9 Å². The van der Waals surface area contributed by atoms with Gasteiger partial charge < -0.3 is 5.32 Å². The zero-order valence-electron chi connectivity index (χ0n) is 10.9. The van der Waals surface area contributed by atoms with Crippen molar-refractivity contribution in [2.75, 3.05) is 0 Å². The summed E-state index contributed by atoms with van der Waals surface area (Å²) in [7, 11) is 0. The Morgan fingerprint density at radius 3 is 2.57 bits per heavy atom. The highest BCUT2D eigenvalue weighted by Crippen LogP contribution is 2.25. The highest BCUT2D eigenvalue weighted by molar-refractivity contribution is 7.17. The van der Waals surface area contributed by atoms with Gasteiger partial charge in [0.05, 0.1) is 10.9 Å². The second-order valence-electron chi connectivity index (χ2n) is 4.51. The highest BCUT2D eigenvalue weighted by Gasteiger charge is 2.33. The zero-order chi connectivity index (χ0) is 14.8. The quantitative estimate of drug-likeness (QED) is 0.695. The monoisotopic (exact) mass is 318 g/mol. The Bertz CT molecular complexity index is 724. The molecule has 0 aliphatic carbocycles. The molecule has 1 aromatic heterocycles. The van der Waals surface area contributed by atoms with Gasteiger partial charge in [-0.15, -0.1) is 11.3 Å². The summed E-state index contributed by atoms with van der Waals surface area (Å²) >= 11 is 7.20. The molecule has 1 aliphatic heterocycles. The maximum atomic E-state index is 12.3. The maximum Gasteiger partial charge on any atom is 0.329 e. The standard InChI is InChI=1S/C15H11ClN2O2S/c16-13-7-6-11(21-13)8-12-14(19)18(15(20)17-12)9-10-4-2-1-3-5-10/h1-8H,9H2,(H,17,20). The molecule has 0 radical (unpaired) electrons. The molecule has 1 aliphatic rings. The van der Waals surface area contributed by atoms with Crippen molar-refractivity contribution in [3.8, 4) is 0 Å². The van der Waals surface area contributed by atoms with Crippen LogP contribution in [-0.4, -0.2) is 16.8 Å². The van der Waals surface area contributed by atoms with Crippen LogP contribution in [0, 0.1) is 0 Å². The lowest BCUT2D eigenvalue weighted by Gasteiger charge is -2.11. The number of urea groups is 1. The topological polar surface area (TPSA) is 49.4 Å². The molecular formula is C15H11ClN2O2S. The molecule has 0 saturated carbocycles. The largest absolute Gasteiger partial charge is 0.329 e. The van der Waals surface area contributed by atoms with E-state index >= 15 is 0 Å². The molecule has 1 N–H and O–H groups in total. The lowest BCUT2D eigenvalue weighted by atomic mass is 10.2. The minimum Gasteiger partial charge on any atom is -0.303 e. The summed E-state index contributed by atoms with van der Waals surface area (Å²) in [5, 5.41) is 2.59. The van der Waals surface area contributed by atoms with Gasteiger partial charge in [0.1, 0.15) is 5.70 Å². The van der Waals surface area contributed by atoms with E-state index in [2.05, 4.69) is 5.32 Å². The fourth-order valence-corrected chi connectivity index (χ4v) is 3.03. The lowest BCUT2D eigenvalue weighted by molar-refractivity contribution is -0.123. The minimum absolute atomic E-state index is 0.258. The molecule has 3 amide bonds. The Balaban J connectivity index is 1.81. The lowest BCUT2D eigenvalue weighted by Crippen LogP contribution is -2.30. The van der Waals surface area contributed by atoms with E-state index in [1.165, 1.54) is 16.2 Å². The van der Waals surface area contributed by atoms with Gasteiger partial charge in [-0.3, -0.25) is 9.69 Å². The molecule has 1 fully saturated rings. The van der Waals surface area contributed by atoms with E-state index in [4.69, 9.17) is 11.6 Å². The Morgan fingerprint density at radius 1 is 1.14 bits per heavy atom. The third-order valence-electron chi connectivity index (χ3n) is 3.03. The van der Waals surface area contributed by atoms with E-state index in [1.807, 2.05) is 30.3 Å². The summed E-state index contributed by atoms with van der Waals surface area (Å²) in [6.45, 7) is 0.258. The summed E-state index contributed by atoms with van der Waals surface area (Å²) in [6, 6.07) is 12.5. The van der Waals surface area contributed by atoms with E-state index < -0.39 is 6.03 Å². The smallest absolute Gasteiger partial charge is 0.303 e. The molecule has 0 unspecified atom stereocenters. The van der Waals surface area contributed by atoms with Crippen molar-refractivity contribution in [2.45, 2.75) is 6.54 Å². The first-order chi connectivity index (χ1) is 10.1. The van der Waals surface area contributed by atoms with Crippen LogP contribution in [0.1, 0.15) is 10.4 Å². The van der Waals surface area contributed by atoms with Crippen LogP contribution in [0.15, 0.2) is 48.2 Å². The third-order valence-corrected chi connectivity index (χ3v) is 4.20. The second-order valence-corrected chi connectivity index (χ2v) is 6.25. The van der Waals surface area contributed by atoms with Crippen LogP contribution in [0.4, 0.5) is 4.79 Å². The van der Waals surface area contributed by atoms with Crippen LogP contribution in [0.3, 0.4) is 0 Å². The third kappa shape index (κ3) is 2.99. The predicted octanol–water partition coefficient (Wildman–Crippen LogP) is 3.49. The van der Waals surface area contributed by atoms with Gasteiger partial charge in [0.2, 0.25) is 0 Å². The van der Waals surface area contributed by atoms with E-state index in [0.29, 0.717) is 4.34 Å². The first kappa shape index (κ1) is 13.9. The molecule has 0 atom stereocenters. The number of carbonyl (C=O) groups is 2. The van der Waals surface area contributed by atoms with E-state index in [-0.39, 0.29) is 18.1 Å². The van der Waals surface area contributed by atoms with Gasteiger partial charge >= 0.3 is 6.03 Å². The number of hydrogen-bond acceptors (Lipinski definition) is 3. The predicted molar refractivity (Wildman–Crippen MR) is 82.8 cm³/mol. The molecule has 6 heteroatoms. The van der Waals surface area contributed by atoms with Gasteiger partial charge in [-0.25, -0.2) is 4.79 Å². The van der Waals surface area contributed by atoms with Gasteiger partial charge in [0.25, 0.3) is 5.91 Å². The molecule has 1 aromatic carbocycles. The summed E-state index contributed by atoms with van der Waals surface area (Å²) < 4.78 is 0.639. The van der Waals surface area contributed by atoms with Crippen molar-refractivity contribution in [3.05, 3.63) is 62.9 Å². The number of amides is 3. The molecule has 4 nitrogen and oxygen atoms in total. The molecule has 2 heterocycles. The van der Waals surface area contributed by atoms with Crippen LogP contribution < -0.4 is 5.32 Å². The van der Waals surface area contributed by atoms with Gasteiger partial charge in [0.15, 0.2) is 0 Å². The van der Waals surface area contributed by atoms with Crippen molar-refractivity contribution in [1.29, 1.82) is 0 Å². The van der Waals surface area contributed by atoms with E-state index in [0.717, 1.165) is 10.4 Å². The first-order valence-corrected chi connectivity index (χ1v) is 7.47. The molecule has 106 valence electrons. The average Bonchev–Trinajstić information content (AvgIpc) is 2.99. The van der Waals surface area contributed by atoms with Gasteiger partial charge in [-0.1, -0.05) is 41.9 Å². The Kier molecular flexibility index (Phi) is 3.77. The Hall–Kier alpha value is -2.11. The molecule has 3 rings (SSSR count). The summed E-state index contributed by atoms with van der Waals surface area (Å²) in [6.07, 6.45) is 1.64. The van der Waals surface area contributed by atoms with Crippen LogP contribution in [0.25, 0.3) is 6.08 Å². The number of nitrogens with zero attached hydrogens (tertiary/aromatic N) is 1. The molecule has 0 spiro atoms.